The maximum Gasteiger partial charge on any atom is 0.00706 e. The van der Waals surface area contributed by atoms with Crippen LogP contribution in [0.2, 0.25) is 0 Å². The summed E-state index contributed by atoms with van der Waals surface area (Å²) in [6, 6.07) is 2.26. The topological polar surface area (TPSA) is 24.1 Å². The Kier molecular flexibility index (Phi) is 5.49. The van der Waals surface area contributed by atoms with Crippen molar-refractivity contribution in [2.75, 3.05) is 6.54 Å². The van der Waals surface area contributed by atoms with E-state index in [1.165, 1.54) is 32.1 Å². The van der Waals surface area contributed by atoms with Crippen molar-refractivity contribution in [2.24, 2.45) is 0 Å². The van der Waals surface area contributed by atoms with Crippen molar-refractivity contribution < 1.29 is 0 Å². The maximum absolute atomic E-state index is 3.70. The minimum atomic E-state index is 0.690. The van der Waals surface area contributed by atoms with Gasteiger partial charge in [-0.05, 0) is 45.6 Å². The van der Waals surface area contributed by atoms with E-state index < -0.39 is 0 Å². The lowest BCUT2D eigenvalue weighted by Gasteiger charge is -2.31. The Bertz CT molecular complexity index is 139. The Labute approximate surface area is 88.8 Å². The Morgan fingerprint density at radius 1 is 1.07 bits per heavy atom. The second-order valence-electron chi connectivity index (χ2n) is 4.58. The first kappa shape index (κ1) is 12.0. The maximum atomic E-state index is 3.70. The van der Waals surface area contributed by atoms with E-state index in [9.17, 15) is 0 Å². The highest BCUT2D eigenvalue weighted by molar-refractivity contribution is 4.81. The highest BCUT2D eigenvalue weighted by atomic mass is 15.0. The normalized spacial score (nSPS) is 30.2. The van der Waals surface area contributed by atoms with Crippen LogP contribution in [0.4, 0.5) is 0 Å². The summed E-state index contributed by atoms with van der Waals surface area (Å²) in [5, 5.41) is 7.25. The number of rotatable bonds is 5. The van der Waals surface area contributed by atoms with Gasteiger partial charge in [0, 0.05) is 18.1 Å². The largest absolute Gasteiger partial charge is 0.314 e. The molecule has 0 spiro atoms. The minimum Gasteiger partial charge on any atom is -0.314 e. The third-order valence-corrected chi connectivity index (χ3v) is 3.35. The Hall–Kier alpha value is -0.0800. The molecular weight excluding hydrogens is 172 g/mol. The van der Waals surface area contributed by atoms with Crippen LogP contribution < -0.4 is 10.6 Å². The number of hydrogen-bond acceptors (Lipinski definition) is 2. The van der Waals surface area contributed by atoms with Gasteiger partial charge in [0.15, 0.2) is 0 Å². The molecule has 0 heterocycles. The van der Waals surface area contributed by atoms with Crippen molar-refractivity contribution in [1.29, 1.82) is 0 Å². The quantitative estimate of drug-likeness (QED) is 0.708. The van der Waals surface area contributed by atoms with Gasteiger partial charge < -0.3 is 10.6 Å². The van der Waals surface area contributed by atoms with Crippen LogP contribution in [-0.4, -0.2) is 24.7 Å². The fraction of sp³-hybridized carbons (Fsp3) is 1.00. The lowest BCUT2D eigenvalue weighted by atomic mass is 9.90. The Balaban J connectivity index is 2.15. The van der Waals surface area contributed by atoms with Gasteiger partial charge in [0.25, 0.3) is 0 Å². The van der Waals surface area contributed by atoms with Gasteiger partial charge in [-0.15, -0.1) is 0 Å². The molecule has 0 radical (unpaired) electrons. The number of hydrogen-bond donors (Lipinski definition) is 2. The summed E-state index contributed by atoms with van der Waals surface area (Å²) >= 11 is 0. The molecule has 1 atom stereocenters. The van der Waals surface area contributed by atoms with Crippen molar-refractivity contribution in [1.82, 2.24) is 10.6 Å². The Morgan fingerprint density at radius 2 is 1.64 bits per heavy atom. The third-order valence-electron chi connectivity index (χ3n) is 3.35. The Morgan fingerprint density at radius 3 is 2.14 bits per heavy atom. The molecule has 1 rings (SSSR count). The average molecular weight is 198 g/mol. The van der Waals surface area contributed by atoms with E-state index in [1.54, 1.807) is 0 Å². The molecule has 1 fully saturated rings. The van der Waals surface area contributed by atoms with E-state index in [1.807, 2.05) is 0 Å². The fourth-order valence-electron chi connectivity index (χ4n) is 2.27. The molecule has 84 valence electrons. The molecule has 0 aromatic carbocycles. The monoisotopic (exact) mass is 198 g/mol. The zero-order valence-corrected chi connectivity index (χ0v) is 9.97. The highest BCUT2D eigenvalue weighted by Gasteiger charge is 2.20. The summed E-state index contributed by atoms with van der Waals surface area (Å²) in [7, 11) is 0. The summed E-state index contributed by atoms with van der Waals surface area (Å²) in [4.78, 5) is 0. The molecule has 0 aliphatic heterocycles. The molecule has 0 amide bonds. The molecule has 2 heteroatoms. The first-order chi connectivity index (χ1) is 6.76. The van der Waals surface area contributed by atoms with Crippen LogP contribution in [0.3, 0.4) is 0 Å². The van der Waals surface area contributed by atoms with Gasteiger partial charge in [0.2, 0.25) is 0 Å². The van der Waals surface area contributed by atoms with Crippen LogP contribution in [0.5, 0.6) is 0 Å². The molecule has 0 bridgehead atoms. The molecule has 0 aromatic heterocycles. The van der Waals surface area contributed by atoms with Gasteiger partial charge in [-0.2, -0.15) is 0 Å². The van der Waals surface area contributed by atoms with E-state index >= 15 is 0 Å². The zero-order chi connectivity index (χ0) is 10.4. The van der Waals surface area contributed by atoms with E-state index in [4.69, 9.17) is 0 Å². The van der Waals surface area contributed by atoms with Crippen molar-refractivity contribution in [3.8, 4) is 0 Å². The summed E-state index contributed by atoms with van der Waals surface area (Å²) in [5.74, 6) is 0. The van der Waals surface area contributed by atoms with Crippen LogP contribution in [0.1, 0.15) is 52.9 Å². The first-order valence-corrected chi connectivity index (χ1v) is 6.25. The van der Waals surface area contributed by atoms with E-state index in [0.717, 1.165) is 18.6 Å². The molecule has 0 saturated heterocycles. The molecular formula is C12H26N2. The lowest BCUT2D eigenvalue weighted by Crippen LogP contribution is -2.42. The molecule has 2 N–H and O–H groups in total. The van der Waals surface area contributed by atoms with E-state index in [2.05, 4.69) is 31.4 Å². The molecule has 1 unspecified atom stereocenters. The summed E-state index contributed by atoms with van der Waals surface area (Å²) in [6.45, 7) is 7.86. The zero-order valence-electron chi connectivity index (χ0n) is 9.97. The first-order valence-electron chi connectivity index (χ1n) is 6.25. The average Bonchev–Trinajstić information content (AvgIpc) is 2.21. The third kappa shape index (κ3) is 3.97. The van der Waals surface area contributed by atoms with Crippen molar-refractivity contribution in [3.05, 3.63) is 0 Å². The predicted octanol–water partition coefficient (Wildman–Crippen LogP) is 2.30. The van der Waals surface area contributed by atoms with E-state index in [-0.39, 0.29) is 0 Å². The van der Waals surface area contributed by atoms with Crippen LogP contribution in [0.25, 0.3) is 0 Å². The molecule has 14 heavy (non-hydrogen) atoms. The minimum absolute atomic E-state index is 0.690. The predicted molar refractivity (Wildman–Crippen MR) is 62.6 cm³/mol. The highest BCUT2D eigenvalue weighted by Crippen LogP contribution is 2.19. The molecule has 1 aliphatic carbocycles. The summed E-state index contributed by atoms with van der Waals surface area (Å²) in [5.41, 5.74) is 0. The van der Waals surface area contributed by atoms with Crippen LogP contribution >= 0.6 is 0 Å². The lowest BCUT2D eigenvalue weighted by molar-refractivity contribution is 0.292. The molecule has 0 aromatic rings. The van der Waals surface area contributed by atoms with Gasteiger partial charge in [-0.25, -0.2) is 0 Å². The van der Waals surface area contributed by atoms with Gasteiger partial charge >= 0.3 is 0 Å². The molecule has 1 saturated carbocycles. The summed E-state index contributed by atoms with van der Waals surface area (Å²) < 4.78 is 0. The van der Waals surface area contributed by atoms with E-state index in [0.29, 0.717) is 6.04 Å². The van der Waals surface area contributed by atoms with Gasteiger partial charge in [0.1, 0.15) is 0 Å². The second kappa shape index (κ2) is 6.41. The standard InChI is InChI=1S/C12H26N2/c1-4-10(3)14-12-8-6-11(7-9-12)13-5-2/h10-14H,4-9H2,1-3H3. The van der Waals surface area contributed by atoms with Crippen LogP contribution in [0, 0.1) is 0 Å². The van der Waals surface area contributed by atoms with Crippen LogP contribution in [-0.2, 0) is 0 Å². The molecule has 1 aliphatic rings. The van der Waals surface area contributed by atoms with Crippen LogP contribution in [0.15, 0.2) is 0 Å². The van der Waals surface area contributed by atoms with Crippen molar-refractivity contribution in [2.45, 2.75) is 71.0 Å². The van der Waals surface area contributed by atoms with Gasteiger partial charge in [-0.3, -0.25) is 0 Å². The van der Waals surface area contributed by atoms with Crippen molar-refractivity contribution in [3.63, 3.8) is 0 Å². The number of nitrogens with one attached hydrogen (secondary N) is 2. The SMILES string of the molecule is CCNC1CCC(NC(C)CC)CC1. The smallest absolute Gasteiger partial charge is 0.00706 e. The fourth-order valence-corrected chi connectivity index (χ4v) is 2.27. The second-order valence-corrected chi connectivity index (χ2v) is 4.58. The van der Waals surface area contributed by atoms with Gasteiger partial charge in [0.05, 0.1) is 0 Å². The van der Waals surface area contributed by atoms with Gasteiger partial charge in [-0.1, -0.05) is 13.8 Å². The molecule has 2 nitrogen and oxygen atoms in total. The van der Waals surface area contributed by atoms with Crippen molar-refractivity contribution >= 4 is 0 Å². The summed E-state index contributed by atoms with van der Waals surface area (Å²) in [6.07, 6.45) is 6.64.